The third kappa shape index (κ3) is 7.66. The Morgan fingerprint density at radius 2 is 1.65 bits per heavy atom. The summed E-state index contributed by atoms with van der Waals surface area (Å²) in [5, 5.41) is 2.56. The van der Waals surface area contributed by atoms with Crippen molar-refractivity contribution in [3.8, 4) is 11.3 Å². The second kappa shape index (κ2) is 13.5. The van der Waals surface area contributed by atoms with Gasteiger partial charge in [0.15, 0.2) is 0 Å². The molecule has 0 saturated carbocycles. The van der Waals surface area contributed by atoms with Crippen LogP contribution in [0.25, 0.3) is 11.3 Å². The summed E-state index contributed by atoms with van der Waals surface area (Å²) >= 11 is 6.56. The molecule has 8 nitrogen and oxygen atoms in total. The highest BCUT2D eigenvalue weighted by Crippen LogP contribution is 2.38. The first kappa shape index (κ1) is 35.0. The molecule has 2 fully saturated rings. The number of sulfonamides is 1. The van der Waals surface area contributed by atoms with E-state index >= 15 is 0 Å². The lowest BCUT2D eigenvalue weighted by Crippen LogP contribution is -2.47. The van der Waals surface area contributed by atoms with Crippen molar-refractivity contribution >= 4 is 50.4 Å². The smallest absolute Gasteiger partial charge is 0.366 e. The molecule has 2 aliphatic heterocycles. The van der Waals surface area contributed by atoms with Gasteiger partial charge in [-0.1, -0.05) is 35.9 Å². The number of nitrogens with zero attached hydrogens (tertiary/aromatic N) is 4. The number of piperazine rings is 1. The lowest BCUT2D eigenvalue weighted by Gasteiger charge is -2.37. The average molecular weight is 744 g/mol. The van der Waals surface area contributed by atoms with E-state index in [1.807, 2.05) is 9.80 Å². The van der Waals surface area contributed by atoms with Crippen LogP contribution in [0.1, 0.15) is 17.5 Å². The number of halogens is 7. The highest BCUT2D eigenvalue weighted by atomic mass is 35.5. The highest BCUT2D eigenvalue weighted by Gasteiger charge is 2.53. The van der Waals surface area contributed by atoms with Gasteiger partial charge in [0.1, 0.15) is 21.9 Å². The molecule has 17 heteroatoms. The third-order valence-electron chi connectivity index (χ3n) is 8.28. The summed E-state index contributed by atoms with van der Waals surface area (Å²) in [6, 6.07) is 14.8. The Bertz CT molecular complexity index is 1950. The number of benzene rings is 2. The molecule has 2 aliphatic rings. The SMILES string of the molecule is O=C(NCc1cc(-c2ccc(C(F)(F)F)cc2)nc(N2CCN(c3ccccc3F)CC2)c1)C1CC(F)(F)CN1S(=O)(=O)c1ccc(Cl)s1. The van der Waals surface area contributed by atoms with Crippen molar-refractivity contribution in [3.05, 3.63) is 94.1 Å². The zero-order chi connectivity index (χ0) is 35.1. The summed E-state index contributed by atoms with van der Waals surface area (Å²) in [5.41, 5.74) is 0.691. The molecule has 0 radical (unpaired) electrons. The molecule has 1 N–H and O–H groups in total. The standard InChI is InChI=1S/C32H28ClF6N5O3S2/c33-27-9-10-29(48-27)49(46,47)44-19-31(35,36)17-26(44)30(45)40-18-20-15-24(21-5-7-22(8-6-21)32(37,38)39)41-28(16-20)43-13-11-42(12-14-43)25-4-2-1-3-23(25)34/h1-10,15-16,26H,11-14,17-19H2,(H,40,45). The summed E-state index contributed by atoms with van der Waals surface area (Å²) in [4.78, 5) is 21.8. The molecule has 6 rings (SSSR count). The molecule has 1 amide bonds. The number of carbonyl (C=O) groups is 1. The Hall–Kier alpha value is -3.86. The zero-order valence-electron chi connectivity index (χ0n) is 25.4. The highest BCUT2D eigenvalue weighted by molar-refractivity contribution is 7.91. The first-order valence-electron chi connectivity index (χ1n) is 15.0. The molecule has 1 unspecified atom stereocenters. The van der Waals surface area contributed by atoms with Crippen LogP contribution in [0.4, 0.5) is 37.8 Å². The predicted molar refractivity (Wildman–Crippen MR) is 174 cm³/mol. The molecule has 2 aromatic heterocycles. The van der Waals surface area contributed by atoms with Crippen molar-refractivity contribution in [1.29, 1.82) is 0 Å². The molecular weight excluding hydrogens is 716 g/mol. The number of thiophene rings is 1. The molecule has 4 heterocycles. The van der Waals surface area contributed by atoms with Gasteiger partial charge in [-0.15, -0.1) is 11.3 Å². The van der Waals surface area contributed by atoms with Crippen molar-refractivity contribution in [2.24, 2.45) is 0 Å². The number of para-hydroxylation sites is 1. The van der Waals surface area contributed by atoms with Crippen LogP contribution in [0.5, 0.6) is 0 Å². The maximum atomic E-state index is 14.6. The van der Waals surface area contributed by atoms with Gasteiger partial charge in [0.05, 0.1) is 27.8 Å². The number of aromatic nitrogens is 1. The summed E-state index contributed by atoms with van der Waals surface area (Å²) in [5.74, 6) is -4.33. The van der Waals surface area contributed by atoms with Gasteiger partial charge in [0.2, 0.25) is 5.91 Å². The minimum Gasteiger partial charge on any atom is -0.366 e. The van der Waals surface area contributed by atoms with Crippen LogP contribution in [0.15, 0.2) is 77.0 Å². The fourth-order valence-electron chi connectivity index (χ4n) is 5.82. The normalized spacial score (nSPS) is 18.6. The number of hydrogen-bond acceptors (Lipinski definition) is 7. The molecule has 2 aromatic carbocycles. The maximum absolute atomic E-state index is 14.6. The predicted octanol–water partition coefficient (Wildman–Crippen LogP) is 6.66. The number of anilines is 2. The van der Waals surface area contributed by atoms with Gasteiger partial charge in [-0.3, -0.25) is 4.79 Å². The molecule has 0 spiro atoms. The van der Waals surface area contributed by atoms with E-state index in [2.05, 4.69) is 10.3 Å². The molecule has 0 bridgehead atoms. The van der Waals surface area contributed by atoms with Crippen LogP contribution in [-0.2, 0) is 27.5 Å². The van der Waals surface area contributed by atoms with E-state index in [1.54, 1.807) is 30.3 Å². The molecule has 2 saturated heterocycles. The summed E-state index contributed by atoms with van der Waals surface area (Å²) in [6.07, 6.45) is -5.57. The van der Waals surface area contributed by atoms with Gasteiger partial charge < -0.3 is 15.1 Å². The number of alkyl halides is 5. The van der Waals surface area contributed by atoms with E-state index in [0.29, 0.717) is 64.5 Å². The van der Waals surface area contributed by atoms with E-state index in [-0.39, 0.29) is 26.6 Å². The number of hydrogen-bond donors (Lipinski definition) is 1. The van der Waals surface area contributed by atoms with Crippen molar-refractivity contribution in [2.75, 3.05) is 42.5 Å². The minimum absolute atomic E-state index is 0.136. The van der Waals surface area contributed by atoms with Crippen LogP contribution >= 0.6 is 22.9 Å². The van der Waals surface area contributed by atoms with Crippen LogP contribution in [-0.4, -0.2) is 68.3 Å². The maximum Gasteiger partial charge on any atom is 0.416 e. The molecule has 1 atom stereocenters. The van der Waals surface area contributed by atoms with Crippen molar-refractivity contribution < 1.29 is 39.6 Å². The molecule has 260 valence electrons. The topological polar surface area (TPSA) is 85.8 Å². The van der Waals surface area contributed by atoms with Crippen LogP contribution < -0.4 is 15.1 Å². The van der Waals surface area contributed by atoms with E-state index in [1.165, 1.54) is 30.3 Å². The zero-order valence-corrected chi connectivity index (χ0v) is 27.8. The van der Waals surface area contributed by atoms with E-state index in [0.717, 1.165) is 12.1 Å². The van der Waals surface area contributed by atoms with Gasteiger partial charge in [0, 0.05) is 44.7 Å². The largest absolute Gasteiger partial charge is 0.416 e. The lowest BCUT2D eigenvalue weighted by molar-refractivity contribution is -0.137. The van der Waals surface area contributed by atoms with E-state index in [4.69, 9.17) is 11.6 Å². The first-order valence-corrected chi connectivity index (χ1v) is 17.6. The lowest BCUT2D eigenvalue weighted by atomic mass is 10.1. The number of pyridine rings is 1. The van der Waals surface area contributed by atoms with Crippen LogP contribution in [0.2, 0.25) is 4.34 Å². The van der Waals surface area contributed by atoms with E-state index in [9.17, 15) is 39.6 Å². The summed E-state index contributed by atoms with van der Waals surface area (Å²) < 4.78 is 110. The van der Waals surface area contributed by atoms with Gasteiger partial charge in [-0.2, -0.15) is 17.5 Å². The second-order valence-corrected chi connectivity index (χ2v) is 15.5. The molecule has 4 aromatic rings. The second-order valence-electron chi connectivity index (χ2n) is 11.6. The third-order valence-corrected chi connectivity index (χ3v) is 11.8. The Balaban J connectivity index is 1.25. The van der Waals surface area contributed by atoms with Gasteiger partial charge >= 0.3 is 6.18 Å². The Morgan fingerprint density at radius 1 is 0.980 bits per heavy atom. The first-order chi connectivity index (χ1) is 23.1. The molecule has 49 heavy (non-hydrogen) atoms. The number of carbonyl (C=O) groups excluding carboxylic acids is 1. The van der Waals surface area contributed by atoms with Crippen molar-refractivity contribution in [2.45, 2.75) is 35.3 Å². The quantitative estimate of drug-likeness (QED) is 0.203. The minimum atomic E-state index is -4.55. The van der Waals surface area contributed by atoms with Gasteiger partial charge in [-0.05, 0) is 54.1 Å². The monoisotopic (exact) mass is 743 g/mol. The van der Waals surface area contributed by atoms with Crippen LogP contribution in [0, 0.1) is 5.82 Å². The average Bonchev–Trinajstić information content (AvgIpc) is 3.66. The van der Waals surface area contributed by atoms with Gasteiger partial charge in [0.25, 0.3) is 15.9 Å². The van der Waals surface area contributed by atoms with Crippen molar-refractivity contribution in [1.82, 2.24) is 14.6 Å². The number of nitrogens with one attached hydrogen (secondary N) is 1. The van der Waals surface area contributed by atoms with Crippen LogP contribution in [0.3, 0.4) is 0 Å². The van der Waals surface area contributed by atoms with Gasteiger partial charge in [-0.25, -0.2) is 26.6 Å². The Labute approximate surface area is 287 Å². The fourth-order valence-corrected chi connectivity index (χ4v) is 9.05. The summed E-state index contributed by atoms with van der Waals surface area (Å²) in [6.45, 7) is 0.307. The Kier molecular flexibility index (Phi) is 9.61. The van der Waals surface area contributed by atoms with Crippen molar-refractivity contribution in [3.63, 3.8) is 0 Å². The van der Waals surface area contributed by atoms with E-state index < -0.39 is 52.6 Å². The summed E-state index contributed by atoms with van der Waals surface area (Å²) in [7, 11) is -4.47. The molecule has 0 aliphatic carbocycles. The number of amides is 1. The fraction of sp³-hybridized carbons (Fsp3) is 0.312. The Morgan fingerprint density at radius 3 is 2.29 bits per heavy atom. The number of rotatable bonds is 8. The molecular formula is C32H28ClF6N5O3S2.